The van der Waals surface area contributed by atoms with Gasteiger partial charge in [-0.1, -0.05) is 41.4 Å². The molecule has 0 aliphatic rings. The number of carbonyl (C=O) groups excluding carboxylic acids is 1. The minimum atomic E-state index is -0.152. The molecule has 3 rings (SSSR count). The number of carbonyl (C=O) groups is 1. The van der Waals surface area contributed by atoms with Crippen LogP contribution in [0.2, 0.25) is 10.0 Å². The Kier molecular flexibility index (Phi) is 4.60. The van der Waals surface area contributed by atoms with Gasteiger partial charge >= 0.3 is 0 Å². The standard InChI is InChI=1S/C18H16Cl2N2O/c1-11-13(14-4-2-3-5-17(14)22-11)8-9-21-18(23)12-6-7-15(19)16(20)10-12/h2-7,10,22H,8-9H2,1H3,(H,21,23). The van der Waals surface area contributed by atoms with E-state index in [0.29, 0.717) is 22.2 Å². The van der Waals surface area contributed by atoms with E-state index in [-0.39, 0.29) is 5.91 Å². The van der Waals surface area contributed by atoms with Crippen molar-refractivity contribution in [3.8, 4) is 0 Å². The first-order valence-electron chi connectivity index (χ1n) is 7.35. The third-order valence-electron chi connectivity index (χ3n) is 3.87. The third kappa shape index (κ3) is 3.36. The maximum Gasteiger partial charge on any atom is 0.251 e. The van der Waals surface area contributed by atoms with Crippen molar-refractivity contribution in [1.82, 2.24) is 10.3 Å². The Morgan fingerprint density at radius 2 is 1.91 bits per heavy atom. The van der Waals surface area contributed by atoms with Crippen LogP contribution in [0.1, 0.15) is 21.6 Å². The quantitative estimate of drug-likeness (QED) is 0.702. The molecule has 1 heterocycles. The highest BCUT2D eigenvalue weighted by molar-refractivity contribution is 6.42. The van der Waals surface area contributed by atoms with E-state index in [0.717, 1.165) is 17.6 Å². The largest absolute Gasteiger partial charge is 0.358 e. The summed E-state index contributed by atoms with van der Waals surface area (Å²) in [6.45, 7) is 2.61. The molecule has 5 heteroatoms. The van der Waals surface area contributed by atoms with E-state index in [1.54, 1.807) is 18.2 Å². The number of para-hydroxylation sites is 1. The van der Waals surface area contributed by atoms with Crippen LogP contribution in [-0.2, 0) is 6.42 Å². The minimum absolute atomic E-state index is 0.152. The molecule has 2 N–H and O–H groups in total. The molecule has 3 aromatic rings. The summed E-state index contributed by atoms with van der Waals surface area (Å²) in [7, 11) is 0. The van der Waals surface area contributed by atoms with Crippen LogP contribution in [0.25, 0.3) is 10.9 Å². The predicted octanol–water partition coefficient (Wildman–Crippen LogP) is 4.76. The average Bonchev–Trinajstić information content (AvgIpc) is 2.86. The molecular weight excluding hydrogens is 331 g/mol. The highest BCUT2D eigenvalue weighted by atomic mass is 35.5. The Balaban J connectivity index is 1.67. The van der Waals surface area contributed by atoms with Crippen molar-refractivity contribution in [3.63, 3.8) is 0 Å². The first kappa shape index (κ1) is 15.9. The van der Waals surface area contributed by atoms with Crippen molar-refractivity contribution < 1.29 is 4.79 Å². The number of hydrogen-bond acceptors (Lipinski definition) is 1. The van der Waals surface area contributed by atoms with Gasteiger partial charge in [-0.05, 0) is 43.2 Å². The zero-order valence-corrected chi connectivity index (χ0v) is 14.1. The van der Waals surface area contributed by atoms with Crippen molar-refractivity contribution in [2.75, 3.05) is 6.54 Å². The zero-order chi connectivity index (χ0) is 16.4. The molecule has 118 valence electrons. The van der Waals surface area contributed by atoms with Gasteiger partial charge in [0.15, 0.2) is 0 Å². The SMILES string of the molecule is Cc1[nH]c2ccccc2c1CCNC(=O)c1ccc(Cl)c(Cl)c1. The number of hydrogen-bond donors (Lipinski definition) is 2. The van der Waals surface area contributed by atoms with E-state index in [4.69, 9.17) is 23.2 Å². The molecule has 3 nitrogen and oxygen atoms in total. The normalized spacial score (nSPS) is 10.9. The number of benzene rings is 2. The van der Waals surface area contributed by atoms with Gasteiger partial charge in [0.05, 0.1) is 10.0 Å². The highest BCUT2D eigenvalue weighted by Gasteiger charge is 2.10. The van der Waals surface area contributed by atoms with E-state index in [1.807, 2.05) is 12.1 Å². The van der Waals surface area contributed by atoms with Crippen LogP contribution >= 0.6 is 23.2 Å². The predicted molar refractivity (Wildman–Crippen MR) is 95.5 cm³/mol. The fourth-order valence-corrected chi connectivity index (χ4v) is 3.00. The van der Waals surface area contributed by atoms with Gasteiger partial charge in [0.1, 0.15) is 0 Å². The lowest BCUT2D eigenvalue weighted by Gasteiger charge is -2.07. The molecule has 0 bridgehead atoms. The Morgan fingerprint density at radius 3 is 2.70 bits per heavy atom. The van der Waals surface area contributed by atoms with Gasteiger partial charge in [-0.15, -0.1) is 0 Å². The van der Waals surface area contributed by atoms with Crippen molar-refractivity contribution in [3.05, 3.63) is 69.3 Å². The molecule has 1 aromatic heterocycles. The van der Waals surface area contributed by atoms with Crippen molar-refractivity contribution >= 4 is 40.0 Å². The topological polar surface area (TPSA) is 44.9 Å². The molecule has 0 fully saturated rings. The molecule has 0 unspecified atom stereocenters. The van der Waals surface area contributed by atoms with E-state index in [2.05, 4.69) is 29.4 Å². The summed E-state index contributed by atoms with van der Waals surface area (Å²) in [4.78, 5) is 15.5. The molecule has 0 atom stereocenters. The van der Waals surface area contributed by atoms with Crippen LogP contribution < -0.4 is 5.32 Å². The summed E-state index contributed by atoms with van der Waals surface area (Å²) < 4.78 is 0. The van der Waals surface area contributed by atoms with Gasteiger partial charge < -0.3 is 10.3 Å². The lowest BCUT2D eigenvalue weighted by molar-refractivity contribution is 0.0954. The molecular formula is C18H16Cl2N2O. The Bertz CT molecular complexity index is 871. The zero-order valence-electron chi connectivity index (χ0n) is 12.6. The maximum absolute atomic E-state index is 12.2. The van der Waals surface area contributed by atoms with Crippen LogP contribution in [0, 0.1) is 6.92 Å². The van der Waals surface area contributed by atoms with Crippen LogP contribution in [0.4, 0.5) is 0 Å². The van der Waals surface area contributed by atoms with Crippen LogP contribution in [0.3, 0.4) is 0 Å². The second kappa shape index (κ2) is 6.65. The lowest BCUT2D eigenvalue weighted by atomic mass is 10.1. The van der Waals surface area contributed by atoms with Gasteiger partial charge in [0.25, 0.3) is 5.91 Å². The highest BCUT2D eigenvalue weighted by Crippen LogP contribution is 2.23. The molecule has 2 aromatic carbocycles. The van der Waals surface area contributed by atoms with E-state index < -0.39 is 0 Å². The molecule has 0 aliphatic carbocycles. The lowest BCUT2D eigenvalue weighted by Crippen LogP contribution is -2.25. The average molecular weight is 347 g/mol. The number of rotatable bonds is 4. The maximum atomic E-state index is 12.2. The molecule has 0 radical (unpaired) electrons. The van der Waals surface area contributed by atoms with Crippen LogP contribution in [-0.4, -0.2) is 17.4 Å². The monoisotopic (exact) mass is 346 g/mol. The summed E-state index contributed by atoms with van der Waals surface area (Å²) in [5.41, 5.74) is 4.00. The molecule has 0 saturated carbocycles. The van der Waals surface area contributed by atoms with Crippen molar-refractivity contribution in [2.24, 2.45) is 0 Å². The Morgan fingerprint density at radius 1 is 1.13 bits per heavy atom. The van der Waals surface area contributed by atoms with Crippen molar-refractivity contribution in [1.29, 1.82) is 0 Å². The third-order valence-corrected chi connectivity index (χ3v) is 4.61. The molecule has 23 heavy (non-hydrogen) atoms. The smallest absolute Gasteiger partial charge is 0.251 e. The van der Waals surface area contributed by atoms with Crippen molar-refractivity contribution in [2.45, 2.75) is 13.3 Å². The summed E-state index contributed by atoms with van der Waals surface area (Å²) in [6.07, 6.45) is 0.767. The number of aryl methyl sites for hydroxylation is 1. The number of amides is 1. The van der Waals surface area contributed by atoms with Crippen LogP contribution in [0.15, 0.2) is 42.5 Å². The Hall–Kier alpha value is -1.97. The van der Waals surface area contributed by atoms with Gasteiger partial charge in [-0.3, -0.25) is 4.79 Å². The van der Waals surface area contributed by atoms with Gasteiger partial charge in [-0.25, -0.2) is 0 Å². The number of halogens is 2. The number of aromatic nitrogens is 1. The number of fused-ring (bicyclic) bond motifs is 1. The fraction of sp³-hybridized carbons (Fsp3) is 0.167. The van der Waals surface area contributed by atoms with Gasteiger partial charge in [-0.2, -0.15) is 0 Å². The second-order valence-electron chi connectivity index (χ2n) is 5.41. The Labute approximate surface area is 144 Å². The number of H-pyrrole nitrogens is 1. The van der Waals surface area contributed by atoms with E-state index in [9.17, 15) is 4.79 Å². The van der Waals surface area contributed by atoms with E-state index in [1.165, 1.54) is 10.9 Å². The first-order chi connectivity index (χ1) is 11.1. The second-order valence-corrected chi connectivity index (χ2v) is 6.22. The number of nitrogens with one attached hydrogen (secondary N) is 2. The molecule has 1 amide bonds. The number of aromatic amines is 1. The molecule has 0 spiro atoms. The molecule has 0 saturated heterocycles. The summed E-state index contributed by atoms with van der Waals surface area (Å²) in [6, 6.07) is 13.1. The summed E-state index contributed by atoms with van der Waals surface area (Å²) >= 11 is 11.8. The van der Waals surface area contributed by atoms with Gasteiger partial charge in [0, 0.05) is 28.7 Å². The van der Waals surface area contributed by atoms with Crippen LogP contribution in [0.5, 0.6) is 0 Å². The summed E-state index contributed by atoms with van der Waals surface area (Å²) in [5.74, 6) is -0.152. The van der Waals surface area contributed by atoms with E-state index >= 15 is 0 Å². The van der Waals surface area contributed by atoms with Gasteiger partial charge in [0.2, 0.25) is 0 Å². The summed E-state index contributed by atoms with van der Waals surface area (Å²) in [5, 5.41) is 4.95. The molecule has 0 aliphatic heterocycles. The fourth-order valence-electron chi connectivity index (χ4n) is 2.70. The minimum Gasteiger partial charge on any atom is -0.358 e. The first-order valence-corrected chi connectivity index (χ1v) is 8.11.